The van der Waals surface area contributed by atoms with Crippen molar-refractivity contribution in [2.24, 2.45) is 7.05 Å². The molecule has 5 heterocycles. The molecule has 10 nitrogen and oxygen atoms in total. The molecule has 0 aromatic carbocycles. The fourth-order valence-corrected chi connectivity index (χ4v) is 3.35. The van der Waals surface area contributed by atoms with Crippen molar-refractivity contribution in [3.8, 4) is 11.9 Å². The predicted octanol–water partition coefficient (Wildman–Crippen LogP) is 1.52. The lowest BCUT2D eigenvalue weighted by molar-refractivity contribution is -0.0918. The number of nitriles is 1. The number of aromatic nitrogens is 5. The summed E-state index contributed by atoms with van der Waals surface area (Å²) in [5.41, 5.74) is 1.93. The highest BCUT2D eigenvalue weighted by atomic mass is 16.6. The van der Waals surface area contributed by atoms with Crippen LogP contribution in [0.3, 0.4) is 0 Å². The molecular formula is C18H19N7O3. The Hall–Kier alpha value is -3.16. The Bertz CT molecular complexity index is 1080. The van der Waals surface area contributed by atoms with Crippen molar-refractivity contribution < 1.29 is 14.2 Å². The van der Waals surface area contributed by atoms with Gasteiger partial charge in [0, 0.05) is 18.6 Å². The minimum Gasteiger partial charge on any atom is -0.467 e. The average Bonchev–Trinajstić information content (AvgIpc) is 3.17. The topological polar surface area (TPSA) is 112 Å². The summed E-state index contributed by atoms with van der Waals surface area (Å²) in [5, 5.41) is 17.9. The van der Waals surface area contributed by atoms with Crippen LogP contribution in [0, 0.1) is 11.3 Å². The monoisotopic (exact) mass is 381 g/mol. The number of nitrogens with one attached hydrogen (secondary N) is 1. The number of hydrogen-bond donors (Lipinski definition) is 1. The Kier molecular flexibility index (Phi) is 3.92. The SMILES string of the molecule is C[C@H]1OC[C@@H]1n1c(C#N)cc2cnc(Nc3cn(C)nc3OC3COC3)nc21. The summed E-state index contributed by atoms with van der Waals surface area (Å²) in [7, 11) is 1.82. The number of rotatable bonds is 5. The summed E-state index contributed by atoms with van der Waals surface area (Å²) in [5.74, 6) is 0.889. The molecule has 2 aliphatic rings. The normalized spacial score (nSPS) is 21.8. The molecule has 2 atom stereocenters. The lowest BCUT2D eigenvalue weighted by Gasteiger charge is -2.35. The number of ether oxygens (including phenoxy) is 3. The van der Waals surface area contributed by atoms with E-state index in [0.29, 0.717) is 48.7 Å². The van der Waals surface area contributed by atoms with Crippen molar-refractivity contribution in [2.45, 2.75) is 25.2 Å². The molecule has 0 unspecified atom stereocenters. The molecule has 3 aromatic rings. The second-order valence-corrected chi connectivity index (χ2v) is 7.01. The smallest absolute Gasteiger partial charge is 0.257 e. The summed E-state index contributed by atoms with van der Waals surface area (Å²) >= 11 is 0. The van der Waals surface area contributed by atoms with Gasteiger partial charge < -0.3 is 24.1 Å². The standard InChI is InChI=1S/C18H19N7O3/c1-10-15(9-27-10)25-12(4-19)3-11-5-20-18(22-16(11)25)21-14-6-24(2)23-17(14)28-13-7-26-8-13/h3,5-6,10,13,15H,7-9H2,1-2H3,(H,20,21,22)/t10-,15+/m1/s1. The zero-order valence-electron chi connectivity index (χ0n) is 15.5. The van der Waals surface area contributed by atoms with Crippen LogP contribution in [-0.2, 0) is 16.5 Å². The van der Waals surface area contributed by atoms with E-state index in [2.05, 4.69) is 26.5 Å². The molecule has 1 N–H and O–H groups in total. The third kappa shape index (κ3) is 2.76. The molecule has 2 aliphatic heterocycles. The Morgan fingerprint density at radius 1 is 1.36 bits per heavy atom. The van der Waals surface area contributed by atoms with Gasteiger partial charge in [-0.25, -0.2) is 4.98 Å². The van der Waals surface area contributed by atoms with E-state index in [-0.39, 0.29) is 18.2 Å². The van der Waals surface area contributed by atoms with Crippen LogP contribution in [0.2, 0.25) is 0 Å². The molecule has 0 radical (unpaired) electrons. The van der Waals surface area contributed by atoms with Gasteiger partial charge in [-0.1, -0.05) is 0 Å². The number of nitrogens with zero attached hydrogens (tertiary/aromatic N) is 6. The molecule has 10 heteroatoms. The molecular weight excluding hydrogens is 362 g/mol. The molecule has 5 rings (SSSR count). The molecule has 0 amide bonds. The third-order valence-electron chi connectivity index (χ3n) is 5.02. The number of aryl methyl sites for hydroxylation is 1. The zero-order valence-corrected chi connectivity index (χ0v) is 15.5. The summed E-state index contributed by atoms with van der Waals surface area (Å²) < 4.78 is 20.1. The van der Waals surface area contributed by atoms with E-state index >= 15 is 0 Å². The van der Waals surface area contributed by atoms with Crippen molar-refractivity contribution in [1.29, 1.82) is 5.26 Å². The third-order valence-corrected chi connectivity index (χ3v) is 5.02. The minimum atomic E-state index is 0.00868. The zero-order chi connectivity index (χ0) is 19.3. The van der Waals surface area contributed by atoms with Crippen molar-refractivity contribution in [3.05, 3.63) is 24.2 Å². The summed E-state index contributed by atoms with van der Waals surface area (Å²) in [4.78, 5) is 9.04. The number of hydrogen-bond acceptors (Lipinski definition) is 8. The first-order valence-corrected chi connectivity index (χ1v) is 9.07. The van der Waals surface area contributed by atoms with E-state index < -0.39 is 0 Å². The highest BCUT2D eigenvalue weighted by molar-refractivity contribution is 5.79. The van der Waals surface area contributed by atoms with Crippen LogP contribution < -0.4 is 10.1 Å². The lowest BCUT2D eigenvalue weighted by Crippen LogP contribution is -2.39. The minimum absolute atomic E-state index is 0.00868. The van der Waals surface area contributed by atoms with Crippen LogP contribution in [0.5, 0.6) is 5.88 Å². The largest absolute Gasteiger partial charge is 0.467 e. The highest BCUT2D eigenvalue weighted by Crippen LogP contribution is 2.32. The van der Waals surface area contributed by atoms with E-state index in [9.17, 15) is 5.26 Å². The number of fused-ring (bicyclic) bond motifs is 1. The first kappa shape index (κ1) is 17.0. The van der Waals surface area contributed by atoms with Gasteiger partial charge in [0.25, 0.3) is 5.88 Å². The maximum Gasteiger partial charge on any atom is 0.257 e. The Balaban J connectivity index is 1.49. The summed E-state index contributed by atoms with van der Waals surface area (Å²) in [6.07, 6.45) is 3.57. The molecule has 0 bridgehead atoms. The molecule has 28 heavy (non-hydrogen) atoms. The van der Waals surface area contributed by atoms with Gasteiger partial charge in [0.2, 0.25) is 5.95 Å². The fraction of sp³-hybridized carbons (Fsp3) is 0.444. The van der Waals surface area contributed by atoms with Gasteiger partial charge in [-0.2, -0.15) is 10.2 Å². The van der Waals surface area contributed by atoms with Gasteiger partial charge in [0.05, 0.1) is 38.2 Å². The van der Waals surface area contributed by atoms with Crippen molar-refractivity contribution in [3.63, 3.8) is 0 Å². The fourth-order valence-electron chi connectivity index (χ4n) is 3.35. The van der Waals surface area contributed by atoms with Crippen LogP contribution in [0.15, 0.2) is 18.5 Å². The molecule has 144 valence electrons. The van der Waals surface area contributed by atoms with E-state index in [0.717, 1.165) is 5.39 Å². The first-order chi connectivity index (χ1) is 13.6. The molecule has 0 spiro atoms. The van der Waals surface area contributed by atoms with Crippen LogP contribution >= 0.6 is 0 Å². The Morgan fingerprint density at radius 2 is 2.21 bits per heavy atom. The highest BCUT2D eigenvalue weighted by Gasteiger charge is 2.33. The Morgan fingerprint density at radius 3 is 2.86 bits per heavy atom. The maximum atomic E-state index is 9.52. The van der Waals surface area contributed by atoms with E-state index in [1.807, 2.05) is 24.7 Å². The van der Waals surface area contributed by atoms with Gasteiger partial charge in [-0.05, 0) is 13.0 Å². The van der Waals surface area contributed by atoms with E-state index in [1.54, 1.807) is 16.9 Å². The van der Waals surface area contributed by atoms with Crippen molar-refractivity contribution >= 4 is 22.7 Å². The second kappa shape index (κ2) is 6.47. The van der Waals surface area contributed by atoms with Gasteiger partial charge >= 0.3 is 0 Å². The second-order valence-electron chi connectivity index (χ2n) is 7.01. The molecule has 0 aliphatic carbocycles. The maximum absolute atomic E-state index is 9.52. The summed E-state index contributed by atoms with van der Waals surface area (Å²) in [6.45, 7) is 3.68. The Labute approximate surface area is 160 Å². The van der Waals surface area contributed by atoms with Crippen LogP contribution in [0.4, 0.5) is 11.6 Å². The quantitative estimate of drug-likeness (QED) is 0.708. The lowest BCUT2D eigenvalue weighted by atomic mass is 10.1. The van der Waals surface area contributed by atoms with Crippen molar-refractivity contribution in [2.75, 3.05) is 25.1 Å². The van der Waals surface area contributed by atoms with Crippen LogP contribution in [0.25, 0.3) is 11.0 Å². The average molecular weight is 381 g/mol. The van der Waals surface area contributed by atoms with Crippen LogP contribution in [-0.4, -0.2) is 56.3 Å². The van der Waals surface area contributed by atoms with Crippen LogP contribution in [0.1, 0.15) is 18.7 Å². The molecule has 0 saturated carbocycles. The van der Waals surface area contributed by atoms with E-state index in [4.69, 9.17) is 14.2 Å². The van der Waals surface area contributed by atoms with Gasteiger partial charge in [-0.3, -0.25) is 4.68 Å². The van der Waals surface area contributed by atoms with Gasteiger partial charge in [0.15, 0.2) is 0 Å². The van der Waals surface area contributed by atoms with Gasteiger partial charge in [-0.15, -0.1) is 5.10 Å². The molecule has 3 aromatic heterocycles. The molecule has 2 fully saturated rings. The molecule has 2 saturated heterocycles. The first-order valence-electron chi connectivity index (χ1n) is 9.07. The predicted molar refractivity (Wildman–Crippen MR) is 98.4 cm³/mol. The van der Waals surface area contributed by atoms with Gasteiger partial charge in [0.1, 0.15) is 29.2 Å². The number of anilines is 2. The van der Waals surface area contributed by atoms with Crippen molar-refractivity contribution in [1.82, 2.24) is 24.3 Å². The van der Waals surface area contributed by atoms with E-state index in [1.165, 1.54) is 0 Å². The summed E-state index contributed by atoms with van der Waals surface area (Å²) in [6, 6.07) is 4.14.